The largest absolute Gasteiger partial charge is 0.416 e. The van der Waals surface area contributed by atoms with Crippen LogP contribution in [0.4, 0.5) is 0 Å². The van der Waals surface area contributed by atoms with Crippen LogP contribution in [0.1, 0.15) is 6.92 Å². The standard InChI is InChI=1S/C25H19O3.ClHO4/c1-18(26)27-25-22(19-11-5-2-6-12-19)17-23(20-13-7-3-8-14-20)28-24(25)21-15-9-4-10-16-21;2-1(3,4)5/h2-17H,1H3;(H,2,3,4,5)/q+1;/p-1. The van der Waals surface area contributed by atoms with E-state index >= 15 is 0 Å². The molecule has 0 amide bonds. The summed E-state index contributed by atoms with van der Waals surface area (Å²) < 4.78 is 45.9. The molecule has 0 aliphatic carbocycles. The van der Waals surface area contributed by atoms with Gasteiger partial charge in [-0.15, -0.1) is 10.2 Å². The third-order valence-corrected chi connectivity index (χ3v) is 4.36. The minimum atomic E-state index is -4.94. The highest BCUT2D eigenvalue weighted by Gasteiger charge is 2.29. The van der Waals surface area contributed by atoms with Crippen molar-refractivity contribution in [2.75, 3.05) is 0 Å². The number of esters is 1. The minimum Gasteiger partial charge on any atom is -0.416 e. The highest BCUT2D eigenvalue weighted by Crippen LogP contribution is 2.42. The number of halogens is 1. The van der Waals surface area contributed by atoms with Crippen LogP contribution in [0.2, 0.25) is 0 Å². The molecule has 8 heteroatoms. The minimum absolute atomic E-state index is 0.392. The average molecular weight is 467 g/mol. The van der Waals surface area contributed by atoms with E-state index < -0.39 is 16.2 Å². The van der Waals surface area contributed by atoms with Gasteiger partial charge in [-0.3, -0.25) is 4.79 Å². The van der Waals surface area contributed by atoms with E-state index in [2.05, 4.69) is 0 Å². The average Bonchev–Trinajstić information content (AvgIpc) is 2.79. The molecule has 1 heterocycles. The first-order valence-electron chi connectivity index (χ1n) is 9.70. The number of carbonyl (C=O) groups excluding carboxylic acids is 1. The summed E-state index contributed by atoms with van der Waals surface area (Å²) in [7, 11) is -4.94. The van der Waals surface area contributed by atoms with Crippen LogP contribution >= 0.6 is 0 Å². The molecule has 0 spiro atoms. The fourth-order valence-corrected chi connectivity index (χ4v) is 3.11. The van der Waals surface area contributed by atoms with Crippen LogP contribution in [0, 0.1) is 10.2 Å². The molecule has 0 saturated carbocycles. The monoisotopic (exact) mass is 466 g/mol. The third kappa shape index (κ3) is 7.21. The Balaban J connectivity index is 0.000000555. The second-order valence-corrected chi connectivity index (χ2v) is 7.51. The number of carbonyl (C=O) groups is 1. The second-order valence-electron chi connectivity index (χ2n) is 6.75. The van der Waals surface area contributed by atoms with Gasteiger partial charge >= 0.3 is 17.5 Å². The number of rotatable bonds is 4. The van der Waals surface area contributed by atoms with Crippen LogP contribution < -0.4 is 23.4 Å². The van der Waals surface area contributed by atoms with E-state index in [9.17, 15) is 4.79 Å². The molecule has 33 heavy (non-hydrogen) atoms. The predicted molar refractivity (Wildman–Crippen MR) is 111 cm³/mol. The van der Waals surface area contributed by atoms with Crippen molar-refractivity contribution in [1.82, 2.24) is 0 Å². The predicted octanol–water partition coefficient (Wildman–Crippen LogP) is 1.73. The summed E-state index contributed by atoms with van der Waals surface area (Å²) in [6.45, 7) is 1.40. The Hall–Kier alpha value is -3.59. The van der Waals surface area contributed by atoms with Gasteiger partial charge in [-0.1, -0.05) is 66.7 Å². The lowest BCUT2D eigenvalue weighted by atomic mass is 10.00. The molecular weight excluding hydrogens is 448 g/mol. The van der Waals surface area contributed by atoms with E-state index in [1.807, 2.05) is 97.1 Å². The molecule has 0 unspecified atom stereocenters. The molecule has 0 bridgehead atoms. The van der Waals surface area contributed by atoms with Crippen molar-refractivity contribution >= 4 is 5.97 Å². The van der Waals surface area contributed by atoms with Crippen molar-refractivity contribution in [3.8, 4) is 39.5 Å². The first-order chi connectivity index (χ1) is 15.7. The molecule has 0 saturated heterocycles. The van der Waals surface area contributed by atoms with Crippen LogP contribution in [0.25, 0.3) is 33.8 Å². The lowest BCUT2D eigenvalue weighted by Crippen LogP contribution is -2.68. The first kappa shape index (κ1) is 24.1. The lowest BCUT2D eigenvalue weighted by molar-refractivity contribution is -2.00. The lowest BCUT2D eigenvalue weighted by Gasteiger charge is -2.17. The van der Waals surface area contributed by atoms with Crippen molar-refractivity contribution in [1.29, 1.82) is 0 Å². The SMILES string of the molecule is CC(=O)Oc1c(-c2ccccc2)cc(-c2ccccc2)[o+]c1-c1ccccc1.[O-][Cl+3]([O-])([O-])[O-]. The molecule has 0 fully saturated rings. The quantitative estimate of drug-likeness (QED) is 0.330. The maximum Gasteiger partial charge on any atom is 0.403 e. The summed E-state index contributed by atoms with van der Waals surface area (Å²) >= 11 is 0. The van der Waals surface area contributed by atoms with Gasteiger partial charge in [0.2, 0.25) is 5.75 Å². The fraction of sp³-hybridized carbons (Fsp3) is 0.0400. The summed E-state index contributed by atoms with van der Waals surface area (Å²) in [5, 5.41) is 0. The zero-order chi connectivity index (χ0) is 23.8. The maximum absolute atomic E-state index is 11.9. The topological polar surface area (TPSA) is 130 Å². The highest BCUT2D eigenvalue weighted by molar-refractivity contribution is 5.85. The zero-order valence-electron chi connectivity index (χ0n) is 17.5. The van der Waals surface area contributed by atoms with Gasteiger partial charge in [0, 0.05) is 12.5 Å². The number of hydrogen-bond acceptors (Lipinski definition) is 6. The van der Waals surface area contributed by atoms with Gasteiger partial charge in [-0.2, -0.15) is 0 Å². The second kappa shape index (κ2) is 10.8. The molecule has 4 aromatic rings. The maximum atomic E-state index is 11.9. The molecule has 0 atom stereocenters. The smallest absolute Gasteiger partial charge is 0.403 e. The van der Waals surface area contributed by atoms with Gasteiger partial charge in [-0.05, 0) is 29.8 Å². The Kier molecular flexibility index (Phi) is 7.89. The molecule has 4 rings (SSSR count). The summed E-state index contributed by atoms with van der Waals surface area (Å²) in [6.07, 6.45) is 0. The van der Waals surface area contributed by atoms with E-state index in [1.165, 1.54) is 6.92 Å². The van der Waals surface area contributed by atoms with Gasteiger partial charge in [0.15, 0.2) is 0 Å². The Morgan fingerprint density at radius 2 is 1.15 bits per heavy atom. The van der Waals surface area contributed by atoms with Crippen molar-refractivity contribution in [3.63, 3.8) is 0 Å². The Labute approximate surface area is 192 Å². The Morgan fingerprint density at radius 1 is 0.727 bits per heavy atom. The van der Waals surface area contributed by atoms with E-state index in [-0.39, 0.29) is 0 Å². The molecule has 0 aliphatic rings. The van der Waals surface area contributed by atoms with Crippen LogP contribution in [0.15, 0.2) is 101 Å². The van der Waals surface area contributed by atoms with E-state index in [0.717, 1.165) is 22.3 Å². The highest BCUT2D eigenvalue weighted by atomic mass is 35.7. The van der Waals surface area contributed by atoms with E-state index in [4.69, 9.17) is 27.8 Å². The van der Waals surface area contributed by atoms with Crippen LogP contribution in [-0.2, 0) is 4.79 Å². The van der Waals surface area contributed by atoms with Gasteiger partial charge in [0.05, 0.1) is 17.2 Å². The van der Waals surface area contributed by atoms with Gasteiger partial charge in [-0.25, -0.2) is 23.1 Å². The third-order valence-electron chi connectivity index (χ3n) is 4.36. The van der Waals surface area contributed by atoms with Gasteiger partial charge < -0.3 is 4.74 Å². The van der Waals surface area contributed by atoms with Crippen LogP contribution in [0.3, 0.4) is 0 Å². The van der Waals surface area contributed by atoms with E-state index in [1.54, 1.807) is 0 Å². The molecule has 168 valence electrons. The summed E-state index contributed by atoms with van der Waals surface area (Å²) in [6, 6.07) is 31.4. The van der Waals surface area contributed by atoms with Crippen LogP contribution in [0.5, 0.6) is 5.75 Å². The first-order valence-corrected chi connectivity index (χ1v) is 10.9. The molecule has 0 N–H and O–H groups in total. The van der Waals surface area contributed by atoms with Gasteiger partial charge in [0.1, 0.15) is 0 Å². The van der Waals surface area contributed by atoms with Crippen molar-refractivity contribution in [2.45, 2.75) is 6.92 Å². The zero-order valence-corrected chi connectivity index (χ0v) is 18.2. The van der Waals surface area contributed by atoms with Crippen molar-refractivity contribution < 1.29 is 42.8 Å². The molecule has 3 aromatic carbocycles. The van der Waals surface area contributed by atoms with Crippen molar-refractivity contribution in [3.05, 3.63) is 97.1 Å². The van der Waals surface area contributed by atoms with Gasteiger partial charge in [0.25, 0.3) is 0 Å². The van der Waals surface area contributed by atoms with Crippen LogP contribution in [-0.4, -0.2) is 5.97 Å². The molecule has 7 nitrogen and oxygen atoms in total. The number of hydrogen-bond donors (Lipinski definition) is 0. The normalized spacial score (nSPS) is 10.7. The number of ether oxygens (including phenoxy) is 1. The Morgan fingerprint density at radius 3 is 1.61 bits per heavy atom. The molecule has 1 aromatic heterocycles. The molecule has 0 radical (unpaired) electrons. The summed E-state index contributed by atoms with van der Waals surface area (Å²) in [5.41, 5.74) is 3.55. The van der Waals surface area contributed by atoms with E-state index in [0.29, 0.717) is 17.3 Å². The fourth-order valence-electron chi connectivity index (χ4n) is 3.11. The Bertz CT molecular complexity index is 1130. The molecular formula is C25H19ClO7. The summed E-state index contributed by atoms with van der Waals surface area (Å²) in [5.74, 6) is 1.26. The molecule has 0 aliphatic heterocycles. The van der Waals surface area contributed by atoms with Crippen molar-refractivity contribution in [2.24, 2.45) is 0 Å². The number of benzene rings is 3. The summed E-state index contributed by atoms with van der Waals surface area (Å²) in [4.78, 5) is 11.9.